The number of likely N-dealkylation sites (tertiary alicyclic amines) is 1. The third-order valence-electron chi connectivity index (χ3n) is 6.06. The summed E-state index contributed by atoms with van der Waals surface area (Å²) < 4.78 is 27.1. The largest absolute Gasteiger partial charge is 0.363 e. The molecule has 1 aliphatic carbocycles. The van der Waals surface area contributed by atoms with Gasteiger partial charge >= 0.3 is 0 Å². The molecule has 3 rings (SSSR count). The van der Waals surface area contributed by atoms with Crippen molar-refractivity contribution in [2.24, 2.45) is 16.3 Å². The van der Waals surface area contributed by atoms with E-state index in [1.165, 1.54) is 4.90 Å². The molecule has 1 atom stereocenters. The Morgan fingerprint density at radius 2 is 1.91 bits per heavy atom. The van der Waals surface area contributed by atoms with Gasteiger partial charge in [0.25, 0.3) is 11.8 Å². The normalized spacial score (nSPS) is 20.5. The standard InChI is InChI=1S/C24H34F2N4O2/c1-6-7-18(16-8-9-16)28-19-15(2)27-14-17(19)21(31)29-20(23(3,4)5)22(32)30-12-10-24(25,26)11-13-30/h6-7,14,16,20,27H,8-13H2,1-5H3,(H,29,31)/b7-6?,28-18+/t20-/m0/s1. The molecule has 1 saturated heterocycles. The molecule has 1 aliphatic heterocycles. The molecule has 2 heterocycles. The molecule has 1 aromatic heterocycles. The number of amides is 2. The summed E-state index contributed by atoms with van der Waals surface area (Å²) in [6.45, 7) is 9.33. The van der Waals surface area contributed by atoms with Crippen LogP contribution in [0.3, 0.4) is 0 Å². The predicted molar refractivity (Wildman–Crippen MR) is 122 cm³/mol. The second kappa shape index (κ2) is 9.16. The number of hydrogen-bond acceptors (Lipinski definition) is 3. The molecule has 0 aromatic carbocycles. The molecule has 1 aromatic rings. The molecule has 176 valence electrons. The maximum absolute atomic E-state index is 13.5. The van der Waals surface area contributed by atoms with E-state index < -0.39 is 23.3 Å². The number of aromatic nitrogens is 1. The Morgan fingerprint density at radius 1 is 1.28 bits per heavy atom. The van der Waals surface area contributed by atoms with Crippen molar-refractivity contribution in [1.29, 1.82) is 0 Å². The molecule has 1 saturated carbocycles. The van der Waals surface area contributed by atoms with Crippen LogP contribution in [0.1, 0.15) is 69.4 Å². The van der Waals surface area contributed by atoms with Crippen LogP contribution >= 0.6 is 0 Å². The molecule has 0 bridgehead atoms. The smallest absolute Gasteiger partial charge is 0.255 e. The Labute approximate surface area is 188 Å². The van der Waals surface area contributed by atoms with Gasteiger partial charge in [0.1, 0.15) is 6.04 Å². The van der Waals surface area contributed by atoms with E-state index >= 15 is 0 Å². The Kier molecular flexibility index (Phi) is 6.91. The quantitative estimate of drug-likeness (QED) is 0.614. The van der Waals surface area contributed by atoms with Crippen molar-refractivity contribution in [3.63, 3.8) is 0 Å². The van der Waals surface area contributed by atoms with Crippen molar-refractivity contribution in [1.82, 2.24) is 15.2 Å². The molecule has 0 unspecified atom stereocenters. The lowest BCUT2D eigenvalue weighted by Gasteiger charge is -2.38. The fraction of sp³-hybridized carbons (Fsp3) is 0.625. The number of nitrogens with one attached hydrogen (secondary N) is 2. The molecule has 2 N–H and O–H groups in total. The van der Waals surface area contributed by atoms with E-state index in [0.717, 1.165) is 24.2 Å². The summed E-state index contributed by atoms with van der Waals surface area (Å²) in [4.78, 5) is 35.7. The molecule has 6 nitrogen and oxygen atoms in total. The van der Waals surface area contributed by atoms with E-state index in [1.54, 1.807) is 6.20 Å². The van der Waals surface area contributed by atoms with Crippen molar-refractivity contribution < 1.29 is 18.4 Å². The van der Waals surface area contributed by atoms with Gasteiger partial charge in [0.15, 0.2) is 0 Å². The first-order valence-corrected chi connectivity index (χ1v) is 11.3. The molecule has 2 fully saturated rings. The van der Waals surface area contributed by atoms with Gasteiger partial charge in [-0.3, -0.25) is 14.6 Å². The van der Waals surface area contributed by atoms with Crippen LogP contribution in [0, 0.1) is 18.3 Å². The summed E-state index contributed by atoms with van der Waals surface area (Å²) in [6.07, 6.45) is 6.99. The monoisotopic (exact) mass is 448 g/mol. The first-order chi connectivity index (χ1) is 14.9. The Balaban J connectivity index is 1.82. The minimum Gasteiger partial charge on any atom is -0.363 e. The molecule has 2 aliphatic rings. The summed E-state index contributed by atoms with van der Waals surface area (Å²) in [5, 5.41) is 2.87. The number of H-pyrrole nitrogens is 1. The van der Waals surface area contributed by atoms with Gasteiger partial charge in [0, 0.05) is 49.5 Å². The van der Waals surface area contributed by atoms with Crippen LogP contribution in [0.4, 0.5) is 14.5 Å². The highest BCUT2D eigenvalue weighted by atomic mass is 19.3. The number of halogens is 2. The summed E-state index contributed by atoms with van der Waals surface area (Å²) in [7, 11) is 0. The third-order valence-corrected chi connectivity index (χ3v) is 6.06. The summed E-state index contributed by atoms with van der Waals surface area (Å²) in [5.74, 6) is -3.05. The zero-order chi connectivity index (χ0) is 23.7. The summed E-state index contributed by atoms with van der Waals surface area (Å²) in [5.41, 5.74) is 2.07. The SMILES string of the molecule is CC=C/C(=N\c1c(C(=O)N[C@@H](C(=O)N2CCC(F)(F)CC2)C(C)(C)C)c[nH]c1C)C1CC1. The number of allylic oxidation sites excluding steroid dienone is 2. The van der Waals surface area contributed by atoms with Crippen LogP contribution in [-0.2, 0) is 4.79 Å². The van der Waals surface area contributed by atoms with E-state index in [4.69, 9.17) is 4.99 Å². The number of carbonyl (C=O) groups is 2. The zero-order valence-electron chi connectivity index (χ0n) is 19.6. The number of hydrogen-bond donors (Lipinski definition) is 2. The van der Waals surface area contributed by atoms with E-state index in [0.29, 0.717) is 17.2 Å². The average molecular weight is 449 g/mol. The third kappa shape index (κ3) is 5.64. The van der Waals surface area contributed by atoms with Gasteiger partial charge in [-0.15, -0.1) is 0 Å². The lowest BCUT2D eigenvalue weighted by atomic mass is 9.85. The minimum absolute atomic E-state index is 0.0127. The van der Waals surface area contributed by atoms with E-state index in [1.807, 2.05) is 46.8 Å². The predicted octanol–water partition coefficient (Wildman–Crippen LogP) is 4.78. The van der Waals surface area contributed by atoms with Gasteiger partial charge < -0.3 is 15.2 Å². The first kappa shape index (κ1) is 24.1. The van der Waals surface area contributed by atoms with Crippen molar-refractivity contribution in [3.8, 4) is 0 Å². The average Bonchev–Trinajstić information content (AvgIpc) is 3.48. The fourth-order valence-corrected chi connectivity index (χ4v) is 3.87. The van der Waals surface area contributed by atoms with Gasteiger partial charge in [0.2, 0.25) is 5.91 Å². The Bertz CT molecular complexity index is 913. The number of alkyl halides is 2. The zero-order valence-corrected chi connectivity index (χ0v) is 19.6. The molecule has 32 heavy (non-hydrogen) atoms. The van der Waals surface area contributed by atoms with E-state index in [-0.39, 0.29) is 31.8 Å². The van der Waals surface area contributed by atoms with Gasteiger partial charge in [0.05, 0.1) is 11.3 Å². The van der Waals surface area contributed by atoms with Crippen molar-refractivity contribution in [2.45, 2.75) is 72.3 Å². The molecule has 0 spiro atoms. The van der Waals surface area contributed by atoms with Crippen molar-refractivity contribution in [2.75, 3.05) is 13.1 Å². The first-order valence-electron chi connectivity index (χ1n) is 11.3. The van der Waals surface area contributed by atoms with Crippen LogP contribution in [0.5, 0.6) is 0 Å². The van der Waals surface area contributed by atoms with Gasteiger partial charge in [-0.05, 0) is 38.2 Å². The highest BCUT2D eigenvalue weighted by Crippen LogP contribution is 2.35. The lowest BCUT2D eigenvalue weighted by Crippen LogP contribution is -2.56. The van der Waals surface area contributed by atoms with Crippen LogP contribution in [0.2, 0.25) is 0 Å². The van der Waals surface area contributed by atoms with Crippen LogP contribution in [0.25, 0.3) is 0 Å². The second-order valence-corrected chi connectivity index (χ2v) is 9.94. The maximum Gasteiger partial charge on any atom is 0.255 e. The number of rotatable bonds is 6. The highest BCUT2D eigenvalue weighted by Gasteiger charge is 2.41. The second-order valence-electron chi connectivity index (χ2n) is 9.94. The lowest BCUT2D eigenvalue weighted by molar-refractivity contribution is -0.141. The number of aryl methyl sites for hydroxylation is 1. The Morgan fingerprint density at radius 3 is 2.44 bits per heavy atom. The molecule has 2 amide bonds. The van der Waals surface area contributed by atoms with E-state index in [2.05, 4.69) is 10.3 Å². The highest BCUT2D eigenvalue weighted by molar-refractivity contribution is 6.05. The number of aromatic amines is 1. The fourth-order valence-electron chi connectivity index (χ4n) is 3.87. The Hall–Kier alpha value is -2.51. The van der Waals surface area contributed by atoms with Gasteiger partial charge in [-0.25, -0.2) is 8.78 Å². The maximum atomic E-state index is 13.5. The minimum atomic E-state index is -2.74. The van der Waals surface area contributed by atoms with Crippen molar-refractivity contribution >= 4 is 23.2 Å². The number of carbonyl (C=O) groups excluding carboxylic acids is 2. The molecular formula is C24H34F2N4O2. The summed E-state index contributed by atoms with van der Waals surface area (Å²) >= 11 is 0. The van der Waals surface area contributed by atoms with Crippen molar-refractivity contribution in [3.05, 3.63) is 29.6 Å². The van der Waals surface area contributed by atoms with Crippen LogP contribution in [0.15, 0.2) is 23.3 Å². The molecule has 8 heteroatoms. The summed E-state index contributed by atoms with van der Waals surface area (Å²) in [6, 6.07) is -0.841. The van der Waals surface area contributed by atoms with Crippen LogP contribution in [-0.4, -0.2) is 52.5 Å². The molecule has 0 radical (unpaired) electrons. The topological polar surface area (TPSA) is 77.6 Å². The number of nitrogens with zero attached hydrogens (tertiary/aromatic N) is 2. The number of piperidine rings is 1. The van der Waals surface area contributed by atoms with Gasteiger partial charge in [-0.2, -0.15) is 0 Å². The molecular weight excluding hydrogens is 414 g/mol. The van der Waals surface area contributed by atoms with Crippen LogP contribution < -0.4 is 5.32 Å². The van der Waals surface area contributed by atoms with E-state index in [9.17, 15) is 18.4 Å². The van der Waals surface area contributed by atoms with Gasteiger partial charge in [-0.1, -0.05) is 26.8 Å². The number of aliphatic imine (C=N–C) groups is 1.